The summed E-state index contributed by atoms with van der Waals surface area (Å²) < 4.78 is 11.3. The zero-order chi connectivity index (χ0) is 29.8. The number of aromatic hydroxyl groups is 2. The van der Waals surface area contributed by atoms with Gasteiger partial charge in [0.25, 0.3) is 0 Å². The fourth-order valence-corrected chi connectivity index (χ4v) is 3.91. The lowest BCUT2D eigenvalue weighted by atomic mass is 9.93. The van der Waals surface area contributed by atoms with E-state index in [0.717, 1.165) is 26.2 Å². The fraction of sp³-hybridized carbons (Fsp3) is 0.562. The van der Waals surface area contributed by atoms with E-state index < -0.39 is 0 Å². The van der Waals surface area contributed by atoms with Gasteiger partial charge in [-0.2, -0.15) is 0 Å². The van der Waals surface area contributed by atoms with Crippen molar-refractivity contribution in [3.05, 3.63) is 47.5 Å². The first-order valence-electron chi connectivity index (χ1n) is 14.2. The summed E-state index contributed by atoms with van der Waals surface area (Å²) in [5.41, 5.74) is 1.25. The molecule has 0 atom stereocenters. The quantitative estimate of drug-likeness (QED) is 0.153. The van der Waals surface area contributed by atoms with Crippen LogP contribution in [0.25, 0.3) is 0 Å². The number of nitrogens with zero attached hydrogens (tertiary/aromatic N) is 2. The van der Waals surface area contributed by atoms with Crippen molar-refractivity contribution in [3.8, 4) is 23.0 Å². The Morgan fingerprint density at radius 2 is 1.07 bits per heavy atom. The molecule has 8 nitrogen and oxygen atoms in total. The number of hydrogen-bond donors (Lipinski definition) is 4. The van der Waals surface area contributed by atoms with Crippen molar-refractivity contribution in [3.63, 3.8) is 0 Å². The summed E-state index contributed by atoms with van der Waals surface area (Å²) in [7, 11) is 0. The third-order valence-electron chi connectivity index (χ3n) is 5.97. The highest BCUT2D eigenvalue weighted by Gasteiger charge is 2.18. The number of rotatable bonds is 17. The van der Waals surface area contributed by atoms with Gasteiger partial charge in [-0.1, -0.05) is 39.8 Å². The number of nitrogens with one attached hydrogen (secondary N) is 2. The minimum Gasteiger partial charge on any atom is -0.504 e. The van der Waals surface area contributed by atoms with Crippen LogP contribution in [-0.4, -0.2) is 74.1 Å². The van der Waals surface area contributed by atoms with E-state index in [4.69, 9.17) is 9.47 Å². The molecule has 4 N–H and O–H groups in total. The first-order chi connectivity index (χ1) is 18.8. The van der Waals surface area contributed by atoms with E-state index in [1.54, 1.807) is 24.6 Å². The maximum absolute atomic E-state index is 10.4. The number of phenols is 2. The van der Waals surface area contributed by atoms with Crippen molar-refractivity contribution in [2.75, 3.05) is 39.3 Å². The second kappa shape index (κ2) is 15.6. The molecule has 0 spiro atoms. The lowest BCUT2D eigenvalue weighted by Gasteiger charge is -2.24. The van der Waals surface area contributed by atoms with Gasteiger partial charge in [0.1, 0.15) is 0 Å². The monoisotopic (exact) mass is 554 g/mol. The molecule has 2 aromatic rings. The predicted octanol–water partition coefficient (Wildman–Crippen LogP) is 5.44. The molecule has 2 rings (SSSR count). The van der Waals surface area contributed by atoms with E-state index in [1.165, 1.54) is 0 Å². The van der Waals surface area contributed by atoms with Crippen LogP contribution in [0.3, 0.4) is 0 Å². The van der Waals surface area contributed by atoms with E-state index in [0.29, 0.717) is 35.7 Å². The molecule has 8 heteroatoms. The Bertz CT molecular complexity index is 1020. The Morgan fingerprint density at radius 3 is 1.43 bits per heavy atom. The van der Waals surface area contributed by atoms with E-state index in [-0.39, 0.29) is 34.5 Å². The standard InChI is InChI=1S/C32H50N4O4/c1-23(2)39-27-13-9-11-25(29(27)37)17-35-21-31(5,6)19-33-15-16-34-20-32(7,8)22-36-18-26-12-10-14-28(30(26)38)40-24(3)4/h9-14,17-18,23-24,33-34,37-38H,15-16,19-22H2,1-8H3. The summed E-state index contributed by atoms with van der Waals surface area (Å²) in [5, 5.41) is 27.9. The highest BCUT2D eigenvalue weighted by molar-refractivity contribution is 5.85. The summed E-state index contributed by atoms with van der Waals surface area (Å²) in [6, 6.07) is 10.9. The topological polar surface area (TPSA) is 108 Å². The van der Waals surface area contributed by atoms with Crippen LogP contribution in [-0.2, 0) is 0 Å². The molecular formula is C32H50N4O4. The molecule has 2 aromatic carbocycles. The number of hydrogen-bond acceptors (Lipinski definition) is 8. The van der Waals surface area contributed by atoms with Gasteiger partial charge < -0.3 is 30.3 Å². The molecule has 0 radical (unpaired) electrons. The molecule has 40 heavy (non-hydrogen) atoms. The Hall–Kier alpha value is -3.10. The van der Waals surface area contributed by atoms with Crippen molar-refractivity contribution in [1.82, 2.24) is 10.6 Å². The molecule has 0 fully saturated rings. The van der Waals surface area contributed by atoms with Crippen LogP contribution in [0.15, 0.2) is 46.4 Å². The molecule has 0 aromatic heterocycles. The normalized spacial score (nSPS) is 12.8. The molecule has 0 saturated carbocycles. The van der Waals surface area contributed by atoms with Crippen molar-refractivity contribution in [1.29, 1.82) is 0 Å². The van der Waals surface area contributed by atoms with Crippen LogP contribution in [0.5, 0.6) is 23.0 Å². The van der Waals surface area contributed by atoms with Gasteiger partial charge in [-0.15, -0.1) is 0 Å². The van der Waals surface area contributed by atoms with Crippen LogP contribution in [0.2, 0.25) is 0 Å². The SMILES string of the molecule is CC(C)Oc1cccc(C=NCC(C)(C)CNCCNCC(C)(C)CN=Cc2cccc(OC(C)C)c2O)c1O. The van der Waals surface area contributed by atoms with E-state index in [9.17, 15) is 10.2 Å². The van der Waals surface area contributed by atoms with Gasteiger partial charge in [-0.3, -0.25) is 9.98 Å². The zero-order valence-electron chi connectivity index (χ0n) is 25.6. The molecule has 0 aliphatic carbocycles. The second-order valence-corrected chi connectivity index (χ2v) is 12.3. The smallest absolute Gasteiger partial charge is 0.166 e. The highest BCUT2D eigenvalue weighted by Crippen LogP contribution is 2.30. The molecule has 222 valence electrons. The van der Waals surface area contributed by atoms with Gasteiger partial charge >= 0.3 is 0 Å². The Morgan fingerprint density at radius 1 is 0.700 bits per heavy atom. The van der Waals surface area contributed by atoms with Gasteiger partial charge in [0.15, 0.2) is 23.0 Å². The van der Waals surface area contributed by atoms with Crippen molar-refractivity contribution in [2.45, 2.75) is 67.6 Å². The van der Waals surface area contributed by atoms with Crippen LogP contribution < -0.4 is 20.1 Å². The first kappa shape index (κ1) is 33.1. The minimum atomic E-state index is -0.0325. The first-order valence-corrected chi connectivity index (χ1v) is 14.2. The second-order valence-electron chi connectivity index (χ2n) is 12.3. The average Bonchev–Trinajstić information content (AvgIpc) is 2.85. The molecule has 0 amide bonds. The van der Waals surface area contributed by atoms with Crippen molar-refractivity contribution >= 4 is 12.4 Å². The summed E-state index contributed by atoms with van der Waals surface area (Å²) in [4.78, 5) is 9.17. The number of benzene rings is 2. The van der Waals surface area contributed by atoms with Gasteiger partial charge in [-0.25, -0.2) is 0 Å². The highest BCUT2D eigenvalue weighted by atomic mass is 16.5. The Labute approximate surface area is 240 Å². The third-order valence-corrected chi connectivity index (χ3v) is 5.97. The lowest BCUT2D eigenvalue weighted by Crippen LogP contribution is -2.39. The third kappa shape index (κ3) is 12.0. The number of phenolic OH excluding ortho intramolecular Hbond substituents is 2. The molecule has 0 unspecified atom stereocenters. The van der Waals surface area contributed by atoms with Gasteiger partial charge in [0.05, 0.1) is 12.2 Å². The summed E-state index contributed by atoms with van der Waals surface area (Å²) >= 11 is 0. The largest absolute Gasteiger partial charge is 0.504 e. The predicted molar refractivity (Wildman–Crippen MR) is 166 cm³/mol. The maximum Gasteiger partial charge on any atom is 0.166 e. The van der Waals surface area contributed by atoms with Crippen molar-refractivity contribution in [2.24, 2.45) is 20.8 Å². The molecule has 0 heterocycles. The van der Waals surface area contributed by atoms with Crippen LogP contribution in [0, 0.1) is 10.8 Å². The number of aliphatic imine (C=N–C) groups is 2. The maximum atomic E-state index is 10.4. The Kier molecular flexibility index (Phi) is 12.9. The fourth-order valence-electron chi connectivity index (χ4n) is 3.91. The van der Waals surface area contributed by atoms with Crippen LogP contribution in [0.1, 0.15) is 66.5 Å². The summed E-state index contributed by atoms with van der Waals surface area (Å²) in [6.07, 6.45) is 3.42. The van der Waals surface area contributed by atoms with Crippen molar-refractivity contribution < 1.29 is 19.7 Å². The molecule has 0 saturated heterocycles. The van der Waals surface area contributed by atoms with Crippen LogP contribution >= 0.6 is 0 Å². The average molecular weight is 555 g/mol. The van der Waals surface area contributed by atoms with Crippen LogP contribution in [0.4, 0.5) is 0 Å². The number of ether oxygens (including phenoxy) is 2. The zero-order valence-corrected chi connectivity index (χ0v) is 25.6. The van der Waals surface area contributed by atoms with E-state index >= 15 is 0 Å². The van der Waals surface area contributed by atoms with Gasteiger partial charge in [0.2, 0.25) is 0 Å². The molecular weight excluding hydrogens is 504 g/mol. The summed E-state index contributed by atoms with van der Waals surface area (Å²) in [5.74, 6) is 1.20. The summed E-state index contributed by atoms with van der Waals surface area (Å²) in [6.45, 7) is 21.0. The Balaban J connectivity index is 1.71. The molecule has 0 bridgehead atoms. The van der Waals surface area contributed by atoms with Gasteiger partial charge in [0, 0.05) is 62.8 Å². The van der Waals surface area contributed by atoms with Gasteiger partial charge in [-0.05, 0) is 62.8 Å². The lowest BCUT2D eigenvalue weighted by molar-refractivity contribution is 0.231. The minimum absolute atomic E-state index is 0.00813. The van der Waals surface area contributed by atoms with E-state index in [1.807, 2.05) is 52.0 Å². The van der Waals surface area contributed by atoms with E-state index in [2.05, 4.69) is 48.3 Å². The molecule has 0 aliphatic rings. The number of para-hydroxylation sites is 2. The molecule has 0 aliphatic heterocycles.